The first kappa shape index (κ1) is 17.0. The summed E-state index contributed by atoms with van der Waals surface area (Å²) in [5.74, 6) is -0.858. The number of amides is 1. The largest absolute Gasteiger partial charge is 0.481 e. The van der Waals surface area contributed by atoms with Crippen molar-refractivity contribution in [1.82, 2.24) is 4.90 Å². The Morgan fingerprint density at radius 3 is 2.50 bits per heavy atom. The van der Waals surface area contributed by atoms with Crippen molar-refractivity contribution in [3.05, 3.63) is 0 Å². The van der Waals surface area contributed by atoms with E-state index in [0.717, 1.165) is 12.8 Å². The predicted molar refractivity (Wildman–Crippen MR) is 76.4 cm³/mol. The molecule has 0 spiro atoms. The molecule has 0 radical (unpaired) electrons. The van der Waals surface area contributed by atoms with E-state index in [-0.39, 0.29) is 12.5 Å². The summed E-state index contributed by atoms with van der Waals surface area (Å²) in [6.07, 6.45) is 6.49. The van der Waals surface area contributed by atoms with Crippen LogP contribution < -0.4 is 0 Å². The number of carboxylic acid groups (broad SMARTS) is 1. The third-order valence-electron chi connectivity index (χ3n) is 4.02. The van der Waals surface area contributed by atoms with Gasteiger partial charge in [0.15, 0.2) is 0 Å². The molecular weight excluding hydrogens is 258 g/mol. The van der Waals surface area contributed by atoms with E-state index in [9.17, 15) is 9.59 Å². The van der Waals surface area contributed by atoms with Crippen LogP contribution in [-0.4, -0.2) is 48.7 Å². The Kier molecular flexibility index (Phi) is 7.59. The molecule has 0 aliphatic heterocycles. The average molecular weight is 285 g/mol. The zero-order chi connectivity index (χ0) is 15.0. The summed E-state index contributed by atoms with van der Waals surface area (Å²) in [6, 6.07) is 0. The number of carbonyl (C=O) groups is 2. The molecule has 1 amide bonds. The van der Waals surface area contributed by atoms with Gasteiger partial charge in [-0.15, -0.1) is 0 Å². The zero-order valence-electron chi connectivity index (χ0n) is 12.6. The number of rotatable bonds is 8. The number of hydrogen-bond acceptors (Lipinski definition) is 3. The van der Waals surface area contributed by atoms with Crippen LogP contribution in [0.4, 0.5) is 0 Å². The van der Waals surface area contributed by atoms with Gasteiger partial charge in [0.2, 0.25) is 5.91 Å². The molecule has 0 heterocycles. The van der Waals surface area contributed by atoms with E-state index in [1.165, 1.54) is 19.3 Å². The molecule has 1 aliphatic carbocycles. The van der Waals surface area contributed by atoms with Gasteiger partial charge in [-0.3, -0.25) is 9.59 Å². The van der Waals surface area contributed by atoms with Gasteiger partial charge in [0.25, 0.3) is 0 Å². The first-order chi connectivity index (χ1) is 9.54. The maximum absolute atomic E-state index is 12.4. The number of carbonyl (C=O) groups excluding carboxylic acids is 1. The van der Waals surface area contributed by atoms with Crippen LogP contribution in [0, 0.1) is 11.8 Å². The molecule has 1 saturated carbocycles. The number of methoxy groups -OCH3 is 1. The molecule has 1 atom stereocenters. The zero-order valence-corrected chi connectivity index (χ0v) is 12.6. The van der Waals surface area contributed by atoms with Gasteiger partial charge in [-0.25, -0.2) is 0 Å². The molecule has 20 heavy (non-hydrogen) atoms. The second-order valence-corrected chi connectivity index (χ2v) is 5.78. The molecule has 5 nitrogen and oxygen atoms in total. The maximum atomic E-state index is 12.4. The van der Waals surface area contributed by atoms with E-state index in [1.54, 1.807) is 18.9 Å². The van der Waals surface area contributed by atoms with Gasteiger partial charge < -0.3 is 14.7 Å². The van der Waals surface area contributed by atoms with Crippen LogP contribution in [0.25, 0.3) is 0 Å². The lowest BCUT2D eigenvalue weighted by Gasteiger charge is -2.28. The van der Waals surface area contributed by atoms with Crippen molar-refractivity contribution in [3.63, 3.8) is 0 Å². The van der Waals surface area contributed by atoms with E-state index in [1.807, 2.05) is 0 Å². The summed E-state index contributed by atoms with van der Waals surface area (Å²) in [7, 11) is 1.59. The Morgan fingerprint density at radius 1 is 1.30 bits per heavy atom. The highest BCUT2D eigenvalue weighted by Crippen LogP contribution is 2.26. The highest BCUT2D eigenvalue weighted by atomic mass is 16.5. The van der Waals surface area contributed by atoms with E-state index in [2.05, 4.69) is 0 Å². The lowest BCUT2D eigenvalue weighted by Crippen LogP contribution is -2.39. The van der Waals surface area contributed by atoms with Crippen LogP contribution in [0.2, 0.25) is 0 Å². The Balaban J connectivity index is 2.51. The van der Waals surface area contributed by atoms with Crippen LogP contribution in [0.3, 0.4) is 0 Å². The first-order valence-electron chi connectivity index (χ1n) is 7.54. The maximum Gasteiger partial charge on any atom is 0.308 e. The van der Waals surface area contributed by atoms with Gasteiger partial charge in [0.05, 0.1) is 12.5 Å². The summed E-state index contributed by atoms with van der Waals surface area (Å²) < 4.78 is 5.01. The van der Waals surface area contributed by atoms with E-state index < -0.39 is 11.9 Å². The summed E-state index contributed by atoms with van der Waals surface area (Å²) in [4.78, 5) is 25.0. The Morgan fingerprint density at radius 2 is 1.95 bits per heavy atom. The number of hydrogen-bond donors (Lipinski definition) is 1. The summed E-state index contributed by atoms with van der Waals surface area (Å²) in [5, 5.41) is 8.99. The molecule has 0 bridgehead atoms. The summed E-state index contributed by atoms with van der Waals surface area (Å²) in [5.41, 5.74) is 0. The molecule has 0 saturated heterocycles. The quantitative estimate of drug-likeness (QED) is 0.742. The van der Waals surface area contributed by atoms with Crippen LogP contribution in [0.5, 0.6) is 0 Å². The van der Waals surface area contributed by atoms with Crippen molar-refractivity contribution >= 4 is 11.9 Å². The second-order valence-electron chi connectivity index (χ2n) is 5.78. The minimum absolute atomic E-state index is 0.0713. The van der Waals surface area contributed by atoms with E-state index in [0.29, 0.717) is 25.5 Å². The topological polar surface area (TPSA) is 66.8 Å². The second kappa shape index (κ2) is 8.95. The van der Waals surface area contributed by atoms with Crippen LogP contribution in [-0.2, 0) is 14.3 Å². The molecule has 116 valence electrons. The number of aliphatic carboxylic acids is 1. The molecule has 0 aromatic carbocycles. The number of ether oxygens (including phenoxy) is 1. The van der Waals surface area contributed by atoms with Crippen LogP contribution in [0.1, 0.15) is 45.4 Å². The third-order valence-corrected chi connectivity index (χ3v) is 4.02. The number of carboxylic acids is 1. The van der Waals surface area contributed by atoms with Gasteiger partial charge in [-0.05, 0) is 18.8 Å². The molecule has 1 N–H and O–H groups in total. The Hall–Kier alpha value is -1.10. The van der Waals surface area contributed by atoms with Crippen molar-refractivity contribution < 1.29 is 19.4 Å². The lowest BCUT2D eigenvalue weighted by molar-refractivity contribution is -0.143. The fraction of sp³-hybridized carbons (Fsp3) is 0.867. The molecule has 1 aliphatic rings. The van der Waals surface area contributed by atoms with Crippen LogP contribution >= 0.6 is 0 Å². The smallest absolute Gasteiger partial charge is 0.308 e. The first-order valence-corrected chi connectivity index (χ1v) is 7.54. The molecule has 5 heteroatoms. The fourth-order valence-corrected chi connectivity index (χ4v) is 2.70. The van der Waals surface area contributed by atoms with Crippen molar-refractivity contribution in [3.8, 4) is 0 Å². The fourth-order valence-electron chi connectivity index (χ4n) is 2.70. The minimum Gasteiger partial charge on any atom is -0.481 e. The van der Waals surface area contributed by atoms with Crippen molar-refractivity contribution in [2.45, 2.75) is 45.4 Å². The van der Waals surface area contributed by atoms with Crippen molar-refractivity contribution in [2.24, 2.45) is 11.8 Å². The molecular formula is C15H27NO4. The minimum atomic E-state index is -0.863. The average Bonchev–Trinajstić information content (AvgIpc) is 2.43. The van der Waals surface area contributed by atoms with Gasteiger partial charge >= 0.3 is 5.97 Å². The third kappa shape index (κ3) is 5.90. The monoisotopic (exact) mass is 285 g/mol. The normalized spacial score (nSPS) is 17.7. The van der Waals surface area contributed by atoms with Gasteiger partial charge in [0.1, 0.15) is 0 Å². The van der Waals surface area contributed by atoms with Crippen LogP contribution in [0.15, 0.2) is 0 Å². The molecule has 0 aromatic rings. The predicted octanol–water partition coefficient (Wildman–Crippen LogP) is 2.15. The standard InChI is InChI=1S/C15H27NO4/c1-12(15(18)19)11-16(8-9-20-2)14(17)10-13-6-4-3-5-7-13/h12-13H,3-11H2,1-2H3,(H,18,19). The van der Waals surface area contributed by atoms with Gasteiger partial charge in [0, 0.05) is 26.6 Å². The summed E-state index contributed by atoms with van der Waals surface area (Å²) in [6.45, 7) is 2.82. The van der Waals surface area contributed by atoms with Crippen molar-refractivity contribution in [2.75, 3.05) is 26.8 Å². The van der Waals surface area contributed by atoms with E-state index in [4.69, 9.17) is 9.84 Å². The SMILES string of the molecule is COCCN(CC(C)C(=O)O)C(=O)CC1CCCCC1. The summed E-state index contributed by atoms with van der Waals surface area (Å²) >= 11 is 0. The molecule has 1 rings (SSSR count). The molecule has 1 fully saturated rings. The number of nitrogens with zero attached hydrogens (tertiary/aromatic N) is 1. The van der Waals surface area contributed by atoms with Gasteiger partial charge in [-0.1, -0.05) is 26.2 Å². The lowest BCUT2D eigenvalue weighted by atomic mass is 9.86. The Labute approximate surface area is 121 Å². The highest BCUT2D eigenvalue weighted by molar-refractivity contribution is 5.77. The highest BCUT2D eigenvalue weighted by Gasteiger charge is 2.23. The Bertz CT molecular complexity index is 313. The molecule has 1 unspecified atom stereocenters. The van der Waals surface area contributed by atoms with Gasteiger partial charge in [-0.2, -0.15) is 0 Å². The van der Waals surface area contributed by atoms with E-state index >= 15 is 0 Å². The van der Waals surface area contributed by atoms with Crippen molar-refractivity contribution in [1.29, 1.82) is 0 Å². The molecule has 0 aromatic heterocycles.